The molecule has 4 nitrogen and oxygen atoms in total. The van der Waals surface area contributed by atoms with Crippen molar-refractivity contribution < 1.29 is 14.6 Å². The molecule has 118 valence electrons. The fraction of sp³-hybridized carbons (Fsp3) is 0.562. The first kappa shape index (κ1) is 17.8. The zero-order valence-electron chi connectivity index (χ0n) is 13.0. The minimum atomic E-state index is -0.618. The summed E-state index contributed by atoms with van der Waals surface area (Å²) in [6.45, 7) is 8.20. The molecule has 1 aromatic rings. The molecule has 1 rings (SSSR count). The average molecular weight is 314 g/mol. The number of ether oxygens (including phenoxy) is 1. The molecule has 5 heteroatoms. The highest BCUT2D eigenvalue weighted by Gasteiger charge is 2.16. The molecule has 0 aliphatic carbocycles. The first-order valence-corrected chi connectivity index (χ1v) is 7.61. The van der Waals surface area contributed by atoms with E-state index in [4.69, 9.17) is 16.3 Å². The lowest BCUT2D eigenvalue weighted by Crippen LogP contribution is -2.37. The quantitative estimate of drug-likeness (QED) is 0.812. The Morgan fingerprint density at radius 2 is 2.00 bits per heavy atom. The molecule has 2 atom stereocenters. The number of hydrogen-bond donors (Lipinski definition) is 2. The molecule has 0 saturated carbocycles. The van der Waals surface area contributed by atoms with E-state index in [0.717, 1.165) is 6.42 Å². The van der Waals surface area contributed by atoms with Crippen LogP contribution in [0.1, 0.15) is 45.8 Å². The van der Waals surface area contributed by atoms with Gasteiger partial charge in [0.2, 0.25) is 0 Å². The van der Waals surface area contributed by atoms with E-state index in [2.05, 4.69) is 19.2 Å². The molecule has 0 aliphatic rings. The summed E-state index contributed by atoms with van der Waals surface area (Å²) in [6, 6.07) is 5.04. The minimum absolute atomic E-state index is 0.161. The monoisotopic (exact) mass is 313 g/mol. The molecule has 0 fully saturated rings. The second-order valence-electron chi connectivity index (χ2n) is 5.60. The van der Waals surface area contributed by atoms with Crippen LogP contribution in [-0.4, -0.2) is 23.7 Å². The maximum Gasteiger partial charge on any atom is 0.260 e. The van der Waals surface area contributed by atoms with E-state index in [1.807, 2.05) is 0 Å². The Labute approximate surface area is 131 Å². The van der Waals surface area contributed by atoms with Crippen molar-refractivity contribution >= 4 is 17.5 Å². The zero-order chi connectivity index (χ0) is 16.0. The molecular formula is C16H24ClNO3. The van der Waals surface area contributed by atoms with Crippen LogP contribution in [-0.2, 0) is 4.79 Å². The summed E-state index contributed by atoms with van der Waals surface area (Å²) in [4.78, 5) is 11.9. The van der Waals surface area contributed by atoms with E-state index in [1.54, 1.807) is 32.0 Å². The van der Waals surface area contributed by atoms with E-state index >= 15 is 0 Å². The molecule has 1 unspecified atom stereocenters. The Morgan fingerprint density at radius 3 is 2.52 bits per heavy atom. The Balaban J connectivity index is 2.58. The van der Waals surface area contributed by atoms with Gasteiger partial charge in [-0.25, -0.2) is 0 Å². The maximum atomic E-state index is 11.9. The third kappa shape index (κ3) is 5.94. The molecule has 0 bridgehead atoms. The van der Waals surface area contributed by atoms with E-state index in [9.17, 15) is 9.90 Å². The van der Waals surface area contributed by atoms with Gasteiger partial charge in [-0.3, -0.25) is 4.79 Å². The molecule has 0 aromatic heterocycles. The summed E-state index contributed by atoms with van der Waals surface area (Å²) in [5, 5.41) is 12.7. The fourth-order valence-corrected chi connectivity index (χ4v) is 1.98. The van der Waals surface area contributed by atoms with Crippen LogP contribution in [0, 0.1) is 5.92 Å². The number of rotatable bonds is 7. The Hall–Kier alpha value is -1.26. The first-order chi connectivity index (χ1) is 9.81. The van der Waals surface area contributed by atoms with Crippen LogP contribution < -0.4 is 10.1 Å². The summed E-state index contributed by atoms with van der Waals surface area (Å²) in [7, 11) is 0. The molecule has 1 aromatic carbocycles. The third-order valence-corrected chi connectivity index (χ3v) is 3.43. The smallest absolute Gasteiger partial charge is 0.260 e. The highest BCUT2D eigenvalue weighted by atomic mass is 35.5. The highest BCUT2D eigenvalue weighted by molar-refractivity contribution is 6.32. The lowest BCUT2D eigenvalue weighted by molar-refractivity contribution is -0.127. The van der Waals surface area contributed by atoms with Crippen LogP contribution in [0.15, 0.2) is 18.2 Å². The van der Waals surface area contributed by atoms with Crippen molar-refractivity contribution in [1.29, 1.82) is 0 Å². The number of carbonyl (C=O) groups excluding carboxylic acids is 1. The lowest BCUT2D eigenvalue weighted by Gasteiger charge is -2.17. The summed E-state index contributed by atoms with van der Waals surface area (Å²) < 4.78 is 5.57. The SMILES string of the molecule is CC(C)CCNC(=O)C(C)Oc1ccc([C@@H](C)O)cc1Cl. The standard InChI is InChI=1S/C16H24ClNO3/c1-10(2)7-8-18-16(20)12(4)21-15-6-5-13(11(3)19)9-14(15)17/h5-6,9-12,19H,7-8H2,1-4H3,(H,18,20)/t11-,12?/m1/s1. The molecule has 1 amide bonds. The van der Waals surface area contributed by atoms with Crippen LogP contribution in [0.3, 0.4) is 0 Å². The number of aliphatic hydroxyl groups excluding tert-OH is 1. The summed E-state index contributed by atoms with van der Waals surface area (Å²) in [5.74, 6) is 0.822. The number of carbonyl (C=O) groups is 1. The van der Waals surface area contributed by atoms with E-state index in [1.165, 1.54) is 0 Å². The average Bonchev–Trinajstić information content (AvgIpc) is 2.40. The van der Waals surface area contributed by atoms with Gasteiger partial charge >= 0.3 is 0 Å². The molecule has 0 aliphatic heterocycles. The predicted molar refractivity (Wildman–Crippen MR) is 84.6 cm³/mol. The topological polar surface area (TPSA) is 58.6 Å². The van der Waals surface area contributed by atoms with Crippen molar-refractivity contribution in [2.45, 2.75) is 46.3 Å². The molecule has 2 N–H and O–H groups in total. The zero-order valence-corrected chi connectivity index (χ0v) is 13.8. The lowest BCUT2D eigenvalue weighted by atomic mass is 10.1. The Bertz CT molecular complexity index is 475. The van der Waals surface area contributed by atoms with Gasteiger partial charge in [-0.15, -0.1) is 0 Å². The summed E-state index contributed by atoms with van der Waals surface area (Å²) >= 11 is 6.10. The number of hydrogen-bond acceptors (Lipinski definition) is 3. The van der Waals surface area contributed by atoms with Crippen LogP contribution in [0.4, 0.5) is 0 Å². The van der Waals surface area contributed by atoms with Crippen molar-refractivity contribution in [1.82, 2.24) is 5.32 Å². The number of nitrogens with one attached hydrogen (secondary N) is 1. The number of amides is 1. The van der Waals surface area contributed by atoms with Gasteiger partial charge in [-0.1, -0.05) is 31.5 Å². The van der Waals surface area contributed by atoms with Gasteiger partial charge in [-0.05, 0) is 43.9 Å². The second kappa shape index (κ2) is 8.25. The number of benzene rings is 1. The normalized spacial score (nSPS) is 13.9. The van der Waals surface area contributed by atoms with Gasteiger partial charge in [0.1, 0.15) is 5.75 Å². The molecular weight excluding hydrogens is 290 g/mol. The molecule has 0 heterocycles. The van der Waals surface area contributed by atoms with Gasteiger partial charge in [0.05, 0.1) is 11.1 Å². The Morgan fingerprint density at radius 1 is 1.33 bits per heavy atom. The Kier molecular flexibility index (Phi) is 6.99. The van der Waals surface area contributed by atoms with Crippen molar-refractivity contribution in [2.24, 2.45) is 5.92 Å². The van der Waals surface area contributed by atoms with Gasteiger partial charge in [-0.2, -0.15) is 0 Å². The molecule has 0 radical (unpaired) electrons. The predicted octanol–water partition coefficient (Wildman–Crippen LogP) is 3.32. The highest BCUT2D eigenvalue weighted by Crippen LogP contribution is 2.28. The minimum Gasteiger partial charge on any atom is -0.479 e. The number of halogens is 1. The van der Waals surface area contributed by atoms with Crippen LogP contribution in [0.2, 0.25) is 5.02 Å². The maximum absolute atomic E-state index is 11.9. The van der Waals surface area contributed by atoms with Gasteiger partial charge in [0.15, 0.2) is 6.10 Å². The third-order valence-electron chi connectivity index (χ3n) is 3.13. The van der Waals surface area contributed by atoms with Crippen molar-refractivity contribution in [3.63, 3.8) is 0 Å². The summed E-state index contributed by atoms with van der Waals surface area (Å²) in [6.07, 6.45) is -0.275. The van der Waals surface area contributed by atoms with Crippen LogP contribution in [0.5, 0.6) is 5.75 Å². The van der Waals surface area contributed by atoms with Crippen molar-refractivity contribution in [3.8, 4) is 5.75 Å². The fourth-order valence-electron chi connectivity index (χ4n) is 1.74. The van der Waals surface area contributed by atoms with Crippen LogP contribution >= 0.6 is 11.6 Å². The summed E-state index contributed by atoms with van der Waals surface area (Å²) in [5.41, 5.74) is 0.710. The molecule has 21 heavy (non-hydrogen) atoms. The van der Waals surface area contributed by atoms with Crippen LogP contribution in [0.25, 0.3) is 0 Å². The van der Waals surface area contributed by atoms with Gasteiger partial charge in [0.25, 0.3) is 5.91 Å². The number of aliphatic hydroxyl groups is 1. The largest absolute Gasteiger partial charge is 0.479 e. The van der Waals surface area contributed by atoms with Crippen molar-refractivity contribution in [3.05, 3.63) is 28.8 Å². The second-order valence-corrected chi connectivity index (χ2v) is 6.01. The first-order valence-electron chi connectivity index (χ1n) is 7.23. The molecule has 0 saturated heterocycles. The van der Waals surface area contributed by atoms with E-state index < -0.39 is 12.2 Å². The van der Waals surface area contributed by atoms with Crippen molar-refractivity contribution in [2.75, 3.05) is 6.54 Å². The molecule has 0 spiro atoms. The van der Waals surface area contributed by atoms with E-state index in [-0.39, 0.29) is 5.91 Å². The van der Waals surface area contributed by atoms with Gasteiger partial charge in [0, 0.05) is 6.54 Å². The van der Waals surface area contributed by atoms with E-state index in [0.29, 0.717) is 28.8 Å². The van der Waals surface area contributed by atoms with Gasteiger partial charge < -0.3 is 15.2 Å².